The average molecular weight is 573 g/mol. The van der Waals surface area contributed by atoms with E-state index in [1.807, 2.05) is 0 Å². The van der Waals surface area contributed by atoms with Gasteiger partial charge in [-0.25, -0.2) is 0 Å². The first-order valence-corrected chi connectivity index (χ1v) is 19.4. The van der Waals surface area contributed by atoms with Crippen molar-refractivity contribution in [1.29, 1.82) is 0 Å². The predicted molar refractivity (Wildman–Crippen MR) is 190 cm³/mol. The minimum Gasteiger partial charge on any atom is -0.0654 e. The lowest BCUT2D eigenvalue weighted by Gasteiger charge is -2.30. The second-order valence-electron chi connectivity index (χ2n) is 14.0. The van der Waals surface area contributed by atoms with E-state index in [9.17, 15) is 0 Å². The van der Waals surface area contributed by atoms with Crippen LogP contribution < -0.4 is 0 Å². The van der Waals surface area contributed by atoms with Crippen LogP contribution in [0.2, 0.25) is 0 Å². The molecule has 0 N–H and O–H groups in total. The Kier molecular flexibility index (Phi) is 32.9. The Morgan fingerprint density at radius 3 is 0.634 bits per heavy atom. The van der Waals surface area contributed by atoms with Crippen LogP contribution in [0, 0.1) is 32.1 Å². The molecule has 0 heterocycles. The molecule has 0 amide bonds. The van der Waals surface area contributed by atoms with Gasteiger partial charge in [-0.2, -0.15) is 0 Å². The third-order valence-electron chi connectivity index (χ3n) is 9.41. The van der Waals surface area contributed by atoms with Gasteiger partial charge in [0.2, 0.25) is 0 Å². The Labute approximate surface area is 263 Å². The van der Waals surface area contributed by atoms with Gasteiger partial charge in [-0.3, -0.25) is 0 Å². The lowest BCUT2D eigenvalue weighted by Crippen LogP contribution is -2.19. The molecule has 0 aliphatic heterocycles. The highest BCUT2D eigenvalue weighted by Crippen LogP contribution is 2.35. The van der Waals surface area contributed by atoms with Gasteiger partial charge in [-0.15, -0.1) is 0 Å². The standard InChI is InChI=1S/C41H80/c1-6-8-10-12-14-16-18-20-22-24-26-28-30-32-34-36-38-40(41(3,4)5)39-37-35-33-31-29-27-25-23-21-19-17-15-13-11-9-7-2/h3-39H2,1-2H3. The van der Waals surface area contributed by atoms with Crippen LogP contribution >= 0.6 is 0 Å². The van der Waals surface area contributed by atoms with Gasteiger partial charge in [0.1, 0.15) is 0 Å². The van der Waals surface area contributed by atoms with Gasteiger partial charge in [-0.05, 0) is 44.9 Å². The molecular formula is C41H80. The minimum absolute atomic E-state index is 0.342. The van der Waals surface area contributed by atoms with E-state index < -0.39 is 0 Å². The molecule has 0 spiro atoms. The summed E-state index contributed by atoms with van der Waals surface area (Å²) >= 11 is 0. The van der Waals surface area contributed by atoms with Crippen molar-refractivity contribution in [3.8, 4) is 0 Å². The summed E-state index contributed by atoms with van der Waals surface area (Å²) in [5, 5.41) is 0. The monoisotopic (exact) mass is 573 g/mol. The summed E-state index contributed by atoms with van der Waals surface area (Å²) in [6, 6.07) is 0. The van der Waals surface area contributed by atoms with Crippen LogP contribution in [0.25, 0.3) is 0 Å². The van der Waals surface area contributed by atoms with Gasteiger partial charge >= 0.3 is 0 Å². The van der Waals surface area contributed by atoms with Crippen LogP contribution in [0.1, 0.15) is 232 Å². The van der Waals surface area contributed by atoms with E-state index in [2.05, 4.69) is 34.6 Å². The molecule has 0 saturated carbocycles. The van der Waals surface area contributed by atoms with E-state index in [0.29, 0.717) is 0 Å². The molecule has 244 valence electrons. The first-order valence-electron chi connectivity index (χ1n) is 19.4. The van der Waals surface area contributed by atoms with Crippen LogP contribution in [-0.2, 0) is 0 Å². The predicted octanol–water partition coefficient (Wildman–Crippen LogP) is 15.4. The molecule has 0 saturated heterocycles. The van der Waals surface area contributed by atoms with E-state index in [0.717, 1.165) is 0 Å². The Balaban J connectivity index is 3.49. The molecule has 0 nitrogen and oxygen atoms in total. The third-order valence-corrected chi connectivity index (χ3v) is 9.41. The molecule has 0 bridgehead atoms. The van der Waals surface area contributed by atoms with Crippen molar-refractivity contribution in [3.05, 3.63) is 26.7 Å². The molecule has 0 fully saturated rings. The molecule has 0 atom stereocenters. The van der Waals surface area contributed by atoms with Gasteiger partial charge in [0, 0.05) is 0 Å². The second kappa shape index (κ2) is 32.9. The smallest absolute Gasteiger partial charge is 0.0179 e. The largest absolute Gasteiger partial charge is 0.0654 e. The van der Waals surface area contributed by atoms with E-state index >= 15 is 0 Å². The fourth-order valence-electron chi connectivity index (χ4n) is 6.43. The van der Waals surface area contributed by atoms with Crippen molar-refractivity contribution in [3.63, 3.8) is 0 Å². The normalized spacial score (nSPS) is 12.1. The minimum atomic E-state index is -0.342. The highest BCUT2D eigenvalue weighted by atomic mass is 14.3. The van der Waals surface area contributed by atoms with Crippen LogP contribution in [-0.4, -0.2) is 0 Å². The maximum atomic E-state index is 4.30. The first-order chi connectivity index (χ1) is 20.0. The molecule has 41 heavy (non-hydrogen) atoms. The van der Waals surface area contributed by atoms with Crippen LogP contribution in [0.5, 0.6) is 0 Å². The fourth-order valence-corrected chi connectivity index (χ4v) is 6.43. The Morgan fingerprint density at radius 2 is 0.463 bits per heavy atom. The fraction of sp³-hybridized carbons (Fsp3) is 0.902. The van der Waals surface area contributed by atoms with Crippen LogP contribution in [0.3, 0.4) is 0 Å². The molecule has 0 aromatic carbocycles. The molecule has 0 rings (SSSR count). The highest BCUT2D eigenvalue weighted by molar-refractivity contribution is 5.12. The molecular weight excluding hydrogens is 492 g/mol. The molecule has 0 aromatic rings. The highest BCUT2D eigenvalue weighted by Gasteiger charge is 2.24. The number of rotatable bonds is 35. The first kappa shape index (κ1) is 41.0. The Bertz CT molecular complexity index is 421. The molecule has 0 unspecified atom stereocenters. The summed E-state index contributed by atoms with van der Waals surface area (Å²) in [5.74, 6) is 1.52. The lowest BCUT2D eigenvalue weighted by molar-refractivity contribution is 0.467. The summed E-state index contributed by atoms with van der Waals surface area (Å²) in [5.41, 5.74) is -0.342. The van der Waals surface area contributed by atoms with E-state index in [1.54, 1.807) is 0 Å². The van der Waals surface area contributed by atoms with Gasteiger partial charge in [0.15, 0.2) is 0 Å². The maximum absolute atomic E-state index is 4.30. The number of hydrogen-bond acceptors (Lipinski definition) is 0. The lowest BCUT2D eigenvalue weighted by atomic mass is 9.75. The van der Waals surface area contributed by atoms with E-state index in [4.69, 9.17) is 0 Å². The van der Waals surface area contributed by atoms with Crippen molar-refractivity contribution < 1.29 is 0 Å². The van der Waals surface area contributed by atoms with Crippen molar-refractivity contribution in [2.75, 3.05) is 0 Å². The molecule has 0 aromatic heterocycles. The zero-order chi connectivity index (χ0) is 30.1. The summed E-state index contributed by atoms with van der Waals surface area (Å²) < 4.78 is 0. The SMILES string of the molecule is [CH2]C([CH2])([CH2])[C](CCCCCCCCCCCCCCCCCC)CCCCCCCCCCCCCCCCCC. The summed E-state index contributed by atoms with van der Waals surface area (Å²) in [4.78, 5) is 0. The molecule has 0 aliphatic rings. The molecule has 0 aliphatic carbocycles. The summed E-state index contributed by atoms with van der Waals surface area (Å²) in [6.07, 6.45) is 48.2. The number of unbranched alkanes of at least 4 members (excludes halogenated alkanes) is 30. The van der Waals surface area contributed by atoms with Crippen LogP contribution in [0.15, 0.2) is 0 Å². The van der Waals surface area contributed by atoms with E-state index in [-0.39, 0.29) is 5.41 Å². The Hall–Kier alpha value is 0. The summed E-state index contributed by atoms with van der Waals surface area (Å²) in [7, 11) is 0. The number of hydrogen-bond donors (Lipinski definition) is 0. The van der Waals surface area contributed by atoms with Crippen molar-refractivity contribution in [2.24, 2.45) is 5.41 Å². The van der Waals surface area contributed by atoms with Crippen molar-refractivity contribution in [1.82, 2.24) is 0 Å². The van der Waals surface area contributed by atoms with Gasteiger partial charge < -0.3 is 0 Å². The Morgan fingerprint density at radius 1 is 0.293 bits per heavy atom. The van der Waals surface area contributed by atoms with Crippen molar-refractivity contribution in [2.45, 2.75) is 232 Å². The van der Waals surface area contributed by atoms with Gasteiger partial charge in [0.05, 0.1) is 0 Å². The van der Waals surface area contributed by atoms with Gasteiger partial charge in [0.25, 0.3) is 0 Å². The maximum Gasteiger partial charge on any atom is -0.0179 e. The third kappa shape index (κ3) is 32.7. The van der Waals surface area contributed by atoms with E-state index in [1.165, 1.54) is 224 Å². The van der Waals surface area contributed by atoms with Crippen molar-refractivity contribution >= 4 is 0 Å². The van der Waals surface area contributed by atoms with Gasteiger partial charge in [-0.1, -0.05) is 219 Å². The quantitative estimate of drug-likeness (QED) is 0.0662. The second-order valence-corrected chi connectivity index (χ2v) is 14.0. The summed E-state index contributed by atoms with van der Waals surface area (Å²) in [6.45, 7) is 17.5. The molecule has 0 heteroatoms. The zero-order valence-electron chi connectivity index (χ0n) is 29.2. The van der Waals surface area contributed by atoms with Crippen LogP contribution in [0.4, 0.5) is 0 Å². The average Bonchev–Trinajstić information content (AvgIpc) is 2.95. The zero-order valence-corrected chi connectivity index (χ0v) is 29.2. The molecule has 4 radical (unpaired) electrons. The topological polar surface area (TPSA) is 0 Å².